The minimum absolute atomic E-state index is 0.00113. The van der Waals surface area contributed by atoms with Crippen molar-refractivity contribution in [3.63, 3.8) is 0 Å². The maximum Gasteiger partial charge on any atom is 0.412 e. The van der Waals surface area contributed by atoms with Crippen LogP contribution in [-0.4, -0.2) is 169 Å². The van der Waals surface area contributed by atoms with Crippen LogP contribution in [0.5, 0.6) is 23.0 Å². The number of ketones is 2. The van der Waals surface area contributed by atoms with Crippen molar-refractivity contribution in [3.8, 4) is 23.0 Å². The van der Waals surface area contributed by atoms with Crippen molar-refractivity contribution < 1.29 is 76.0 Å². The Kier molecular flexibility index (Phi) is 29.4. The Bertz CT molecular complexity index is 3760. The van der Waals surface area contributed by atoms with Crippen molar-refractivity contribution in [2.24, 2.45) is 11.7 Å². The lowest BCUT2D eigenvalue weighted by molar-refractivity contribution is -0.137. The van der Waals surface area contributed by atoms with Gasteiger partial charge in [0.1, 0.15) is 24.0 Å². The molecule has 0 saturated carbocycles. The Labute approximate surface area is 612 Å². The highest BCUT2D eigenvalue weighted by molar-refractivity contribution is 6.74. The van der Waals surface area contributed by atoms with Gasteiger partial charge in [-0.05, 0) is 132 Å². The summed E-state index contributed by atoms with van der Waals surface area (Å²) >= 11 is 0. The lowest BCUT2D eigenvalue weighted by Gasteiger charge is -2.38. The molecule has 4 atom stereocenters. The monoisotopic (exact) mass is 1460 g/mol. The van der Waals surface area contributed by atoms with Crippen molar-refractivity contribution in [1.29, 1.82) is 0 Å². The molecule has 0 spiro atoms. The first kappa shape index (κ1) is 81.9. The summed E-state index contributed by atoms with van der Waals surface area (Å²) in [5.74, 6) is -0.621. The van der Waals surface area contributed by atoms with E-state index in [9.17, 15) is 43.2 Å². The van der Waals surface area contributed by atoms with E-state index in [1.54, 1.807) is 85.3 Å². The lowest BCUT2D eigenvalue weighted by Crippen LogP contribution is -2.46. The van der Waals surface area contributed by atoms with E-state index in [-0.39, 0.29) is 144 Å². The molecule has 3 aromatic carbocycles. The van der Waals surface area contributed by atoms with E-state index < -0.39 is 38.2 Å². The third-order valence-electron chi connectivity index (χ3n) is 19.2. The molecule has 3 aliphatic rings. The maximum absolute atomic E-state index is 14.9. The molecule has 26 nitrogen and oxygen atoms in total. The smallest absolute Gasteiger partial charge is 0.412 e. The van der Waals surface area contributed by atoms with E-state index in [0.29, 0.717) is 119 Å². The molecular weight excluding hydrogens is 1350 g/mol. The fourth-order valence-corrected chi connectivity index (χ4v) is 13.4. The van der Waals surface area contributed by atoms with Crippen LogP contribution in [0.4, 0.5) is 25.8 Å². The number of methoxy groups -OCH3 is 2. The van der Waals surface area contributed by atoms with E-state index in [1.807, 2.05) is 20.8 Å². The van der Waals surface area contributed by atoms with Gasteiger partial charge in [0.2, 0.25) is 0 Å². The molecule has 4 aromatic rings. The Morgan fingerprint density at radius 2 is 1.26 bits per heavy atom. The number of Topliss-reactive ketones (excluding diaryl/α,β-unsaturated/α-hetero) is 2. The van der Waals surface area contributed by atoms with E-state index in [2.05, 4.69) is 73.3 Å². The summed E-state index contributed by atoms with van der Waals surface area (Å²) in [4.78, 5) is 124. The van der Waals surface area contributed by atoms with Crippen LogP contribution in [0.1, 0.15) is 195 Å². The summed E-state index contributed by atoms with van der Waals surface area (Å²) in [6.45, 7) is 32.2. The number of nitrogens with two attached hydrogens (primary N) is 1. The second-order valence-electron chi connectivity index (χ2n) is 29.8. The largest absolute Gasteiger partial charge is 0.493 e. The molecule has 3 aliphatic heterocycles. The number of urea groups is 1. The molecule has 5 N–H and O–H groups in total. The molecule has 0 unspecified atom stereocenters. The van der Waals surface area contributed by atoms with Gasteiger partial charge in [-0.2, -0.15) is 0 Å². The third-order valence-corrected chi connectivity index (χ3v) is 23.7. The molecule has 1 aromatic heterocycles. The number of anilines is 2. The number of carbonyl (C=O) groups excluding carboxylic acids is 9. The summed E-state index contributed by atoms with van der Waals surface area (Å²) in [6, 6.07) is 11.4. The van der Waals surface area contributed by atoms with Crippen LogP contribution < -0.4 is 40.6 Å². The number of likely N-dealkylation sites (tertiary alicyclic amines) is 2. The molecule has 104 heavy (non-hydrogen) atoms. The highest BCUT2D eigenvalue weighted by Gasteiger charge is 2.41. The standard InChI is InChI=1S/C77H108N10O16Si/c1-16-54-36-50(4)44-85(54)71(92)59-41-66(98-13)68(43-61(59)81-75(96)103-76(6,7)8)100-35-22-18-21-34-99-67-42-60(58(40-65(67)97-12)72(93)86-45-51(5)37-55(86)48-102-104(14,15)77(9,10)11)80-74(95)101-47-53-28-26-52(27-29-53)38-64(89)63(25-23-32-79-73(78)94)87-46-62(82-83-87)57(49(2)3)39-56(88)24-19-17-20-33-84-69(90)30-31-70(84)91/h26-31,40-43,46,49,54-55,57,63H,4-5,16-25,32-39,44-45,47-48H2,1-3,6-15H3,(H,80,95)(H,81,96)(H3,78,79,94)/t54-,55+,57-,63-/m0/s1. The normalized spacial score (nSPS) is 16.0. The predicted octanol–water partition coefficient (Wildman–Crippen LogP) is 13.0. The van der Waals surface area contributed by atoms with Crippen LogP contribution in [0.3, 0.4) is 0 Å². The zero-order valence-electron chi connectivity index (χ0n) is 63.0. The Morgan fingerprint density at radius 1 is 0.712 bits per heavy atom. The number of primary amides is 1. The zero-order chi connectivity index (χ0) is 76.2. The molecular formula is C77H108N10O16Si. The van der Waals surface area contributed by atoms with Crippen molar-refractivity contribution in [1.82, 2.24) is 35.0 Å². The summed E-state index contributed by atoms with van der Waals surface area (Å²) in [5.41, 5.74) is 8.86. The maximum atomic E-state index is 14.9. The van der Waals surface area contributed by atoms with Crippen LogP contribution in [0.2, 0.25) is 18.1 Å². The number of hydrogen-bond donors (Lipinski definition) is 4. The van der Waals surface area contributed by atoms with Gasteiger partial charge in [-0.3, -0.25) is 44.3 Å². The number of carbonyl (C=O) groups is 9. The molecule has 8 amide bonds. The van der Waals surface area contributed by atoms with Gasteiger partial charge in [-0.25, -0.2) is 19.1 Å². The second-order valence-corrected chi connectivity index (χ2v) is 34.7. The molecule has 2 saturated heterocycles. The second kappa shape index (κ2) is 37.4. The highest BCUT2D eigenvalue weighted by atomic mass is 28.4. The van der Waals surface area contributed by atoms with Gasteiger partial charge in [0.05, 0.1) is 68.3 Å². The molecule has 2 fully saturated rings. The van der Waals surface area contributed by atoms with Crippen LogP contribution in [0.15, 0.2) is 91.2 Å². The fourth-order valence-electron chi connectivity index (χ4n) is 12.3. The van der Waals surface area contributed by atoms with Gasteiger partial charge in [0, 0.05) is 87.9 Å². The zero-order valence-corrected chi connectivity index (χ0v) is 64.0. The van der Waals surface area contributed by atoms with Gasteiger partial charge in [-0.15, -0.1) is 5.10 Å². The Hall–Kier alpha value is -9.37. The van der Waals surface area contributed by atoms with E-state index in [4.69, 9.17) is 38.6 Å². The van der Waals surface area contributed by atoms with Gasteiger partial charge in [-0.1, -0.05) is 102 Å². The Morgan fingerprint density at radius 3 is 1.80 bits per heavy atom. The van der Waals surface area contributed by atoms with Crippen molar-refractivity contribution >= 4 is 73.1 Å². The highest BCUT2D eigenvalue weighted by Crippen LogP contribution is 2.41. The van der Waals surface area contributed by atoms with Crippen molar-refractivity contribution in [2.45, 2.75) is 207 Å². The summed E-state index contributed by atoms with van der Waals surface area (Å²) < 4.78 is 43.7. The van der Waals surface area contributed by atoms with Crippen LogP contribution in [0, 0.1) is 5.92 Å². The summed E-state index contributed by atoms with van der Waals surface area (Å²) in [7, 11) is 0.715. The van der Waals surface area contributed by atoms with Crippen molar-refractivity contribution in [2.75, 3.05) is 70.9 Å². The third kappa shape index (κ3) is 23.3. The average molecular weight is 1460 g/mol. The van der Waals surface area contributed by atoms with Gasteiger partial charge < -0.3 is 53.7 Å². The van der Waals surface area contributed by atoms with Crippen molar-refractivity contribution in [3.05, 3.63) is 119 Å². The molecule has 27 heteroatoms. The quantitative estimate of drug-likeness (QED) is 0.0140. The minimum atomic E-state index is -2.23. The molecule has 566 valence electrons. The van der Waals surface area contributed by atoms with Gasteiger partial charge in [0.25, 0.3) is 23.6 Å². The van der Waals surface area contributed by atoms with Gasteiger partial charge in [0.15, 0.2) is 37.1 Å². The predicted molar refractivity (Wildman–Crippen MR) is 398 cm³/mol. The van der Waals surface area contributed by atoms with Crippen LogP contribution in [0.25, 0.3) is 0 Å². The molecule has 7 rings (SSSR count). The number of aromatic nitrogens is 3. The number of rotatable bonds is 38. The number of nitrogens with zero attached hydrogens (tertiary/aromatic N) is 6. The summed E-state index contributed by atoms with van der Waals surface area (Å²) in [6.07, 6.45) is 9.42. The summed E-state index contributed by atoms with van der Waals surface area (Å²) in [5, 5.41) is 17.0. The molecule has 0 aliphatic carbocycles. The topological polar surface area (TPSA) is 321 Å². The molecule has 0 radical (unpaired) electrons. The molecule has 0 bridgehead atoms. The first-order valence-corrected chi connectivity index (χ1v) is 38.9. The fraction of sp³-hybridized carbons (Fsp3) is 0.545. The van der Waals surface area contributed by atoms with Crippen LogP contribution >= 0.6 is 0 Å². The first-order valence-electron chi connectivity index (χ1n) is 36.0. The number of ether oxygens (including phenoxy) is 6. The average Bonchev–Trinajstić information content (AvgIpc) is 1.42. The number of amides is 8. The Balaban J connectivity index is 1.01. The first-order chi connectivity index (χ1) is 49.2. The molecule has 4 heterocycles. The van der Waals surface area contributed by atoms with Gasteiger partial charge >= 0.3 is 18.2 Å². The van der Waals surface area contributed by atoms with E-state index in [1.165, 1.54) is 36.0 Å². The lowest BCUT2D eigenvalue weighted by atomic mass is 9.87. The van der Waals surface area contributed by atoms with E-state index >= 15 is 0 Å². The number of unbranched alkanes of at least 4 members (excludes halogenated alkanes) is 4. The number of imide groups is 1. The van der Waals surface area contributed by atoms with E-state index in [0.717, 1.165) is 17.6 Å². The SMILES string of the molecule is C=C1C[C@H](CO[Si](C)(C)C(C)(C)C)N(C(=O)c2cc(OC)c(OCCCCCOc3cc(NC(=O)OC(C)(C)C)c(C(=O)N4CC(=C)C[C@@H]4CC)cc3OC)cc2NC(=O)OCc2ccc(CC(=O)[C@H](CCCNC(N)=O)n3cc([C@@H](CC(=O)CCCCCN4C(=O)C=CC4=O)C(C)C)nn3)cc2)C1. The minimum Gasteiger partial charge on any atom is -0.493 e. The van der Waals surface area contributed by atoms with Crippen LogP contribution in [-0.2, 0) is 46.1 Å². The number of nitrogens with one attached hydrogen (secondary N) is 3. The number of hydrogen-bond acceptors (Lipinski definition) is 18. The number of benzene rings is 3.